The van der Waals surface area contributed by atoms with Gasteiger partial charge in [0.05, 0.1) is 0 Å². The molecule has 0 fully saturated rings. The Hall–Kier alpha value is -2.28. The number of hydrogen-bond donors (Lipinski definition) is 3. The Morgan fingerprint density at radius 2 is 1.95 bits per heavy atom. The van der Waals surface area contributed by atoms with Crippen LogP contribution < -0.4 is 5.48 Å². The second-order valence-electron chi connectivity index (χ2n) is 5.04. The number of phenolic OH excluding ortho intramolecular Hbond substituents is 1. The van der Waals surface area contributed by atoms with Gasteiger partial charge in [-0.15, -0.1) is 0 Å². The number of ether oxygens (including phenoxy) is 1. The van der Waals surface area contributed by atoms with Crippen LogP contribution in [0.2, 0.25) is 0 Å². The van der Waals surface area contributed by atoms with Gasteiger partial charge in [-0.2, -0.15) is 5.48 Å². The molecule has 1 aromatic carbocycles. The summed E-state index contributed by atoms with van der Waals surface area (Å²) >= 11 is 0. The molecule has 1 unspecified atom stereocenters. The highest BCUT2D eigenvalue weighted by molar-refractivity contribution is 5.75. The molecule has 1 amide bonds. The van der Waals surface area contributed by atoms with Crippen LogP contribution in [0.1, 0.15) is 32.4 Å². The van der Waals surface area contributed by atoms with Gasteiger partial charge in [-0.1, -0.05) is 12.1 Å². The lowest BCUT2D eigenvalue weighted by atomic mass is 10.1. The number of rotatable bonds is 4. The SMILES string of the molecule is CC(C)(C)OC(=O)NOC(C(=O)O)c1cccc(O)c1. The minimum Gasteiger partial charge on any atom is -0.508 e. The van der Waals surface area contributed by atoms with Gasteiger partial charge in [-0.05, 0) is 38.5 Å². The van der Waals surface area contributed by atoms with Crippen molar-refractivity contribution in [2.45, 2.75) is 32.5 Å². The first-order valence-electron chi connectivity index (χ1n) is 5.85. The Kier molecular flexibility index (Phi) is 4.93. The molecule has 0 aliphatic rings. The lowest BCUT2D eigenvalue weighted by Gasteiger charge is -2.20. The van der Waals surface area contributed by atoms with Crippen molar-refractivity contribution in [3.05, 3.63) is 29.8 Å². The summed E-state index contributed by atoms with van der Waals surface area (Å²) in [6.45, 7) is 4.99. The van der Waals surface area contributed by atoms with Crippen molar-refractivity contribution in [3.63, 3.8) is 0 Å². The van der Waals surface area contributed by atoms with Gasteiger partial charge in [-0.3, -0.25) is 4.84 Å². The van der Waals surface area contributed by atoms with Crippen molar-refractivity contribution in [1.29, 1.82) is 0 Å². The van der Waals surface area contributed by atoms with E-state index >= 15 is 0 Å². The van der Waals surface area contributed by atoms with Crippen LogP contribution in [0.4, 0.5) is 4.79 Å². The average molecular weight is 283 g/mol. The molecule has 0 saturated carbocycles. The smallest absolute Gasteiger partial charge is 0.431 e. The van der Waals surface area contributed by atoms with Crippen molar-refractivity contribution in [1.82, 2.24) is 5.48 Å². The molecule has 1 rings (SSSR count). The largest absolute Gasteiger partial charge is 0.508 e. The molecule has 110 valence electrons. The third-order valence-corrected chi connectivity index (χ3v) is 2.06. The molecule has 0 aliphatic carbocycles. The molecule has 7 nitrogen and oxygen atoms in total. The summed E-state index contributed by atoms with van der Waals surface area (Å²) in [5.41, 5.74) is 1.38. The number of nitrogens with one attached hydrogen (secondary N) is 1. The highest BCUT2D eigenvalue weighted by Gasteiger charge is 2.24. The molecule has 0 aromatic heterocycles. The zero-order chi connectivity index (χ0) is 15.3. The summed E-state index contributed by atoms with van der Waals surface area (Å²) < 4.78 is 4.91. The summed E-state index contributed by atoms with van der Waals surface area (Å²) in [7, 11) is 0. The van der Waals surface area contributed by atoms with Gasteiger partial charge in [0.1, 0.15) is 11.4 Å². The second kappa shape index (κ2) is 6.25. The Labute approximate surface area is 116 Å². The number of carboxylic acids is 1. The lowest BCUT2D eigenvalue weighted by molar-refractivity contribution is -0.155. The predicted molar refractivity (Wildman–Crippen MR) is 68.9 cm³/mol. The molecule has 1 atom stereocenters. The Balaban J connectivity index is 2.70. The fourth-order valence-electron chi connectivity index (χ4n) is 1.35. The van der Waals surface area contributed by atoms with Gasteiger partial charge >= 0.3 is 12.1 Å². The molecular weight excluding hydrogens is 266 g/mol. The van der Waals surface area contributed by atoms with Gasteiger partial charge in [0.2, 0.25) is 6.10 Å². The highest BCUT2D eigenvalue weighted by atomic mass is 16.7. The van der Waals surface area contributed by atoms with E-state index in [0.717, 1.165) is 0 Å². The normalized spacial score (nSPS) is 12.6. The summed E-state index contributed by atoms with van der Waals surface area (Å²) in [4.78, 5) is 27.3. The fraction of sp³-hybridized carbons (Fsp3) is 0.385. The standard InChI is InChI=1S/C13H17NO6/c1-13(2,3)19-12(18)14-20-10(11(16)17)8-5-4-6-9(15)7-8/h4-7,10,15H,1-3H3,(H,14,18)(H,16,17). The molecule has 20 heavy (non-hydrogen) atoms. The second-order valence-corrected chi connectivity index (χ2v) is 5.04. The molecule has 0 spiro atoms. The molecule has 0 saturated heterocycles. The molecule has 3 N–H and O–H groups in total. The Bertz CT molecular complexity index is 494. The number of amides is 1. The Morgan fingerprint density at radius 1 is 1.30 bits per heavy atom. The average Bonchev–Trinajstić information content (AvgIpc) is 2.26. The summed E-state index contributed by atoms with van der Waals surface area (Å²) in [5, 5.41) is 18.4. The van der Waals surface area contributed by atoms with E-state index in [0.29, 0.717) is 0 Å². The van der Waals surface area contributed by atoms with Crippen molar-refractivity contribution in [2.24, 2.45) is 0 Å². The first-order valence-corrected chi connectivity index (χ1v) is 5.85. The summed E-state index contributed by atoms with van der Waals surface area (Å²) in [6.07, 6.45) is -2.35. The van der Waals surface area contributed by atoms with Crippen LogP contribution >= 0.6 is 0 Å². The van der Waals surface area contributed by atoms with Crippen LogP contribution in [0.3, 0.4) is 0 Å². The third-order valence-electron chi connectivity index (χ3n) is 2.06. The van der Waals surface area contributed by atoms with E-state index in [1.165, 1.54) is 24.3 Å². The first kappa shape index (κ1) is 15.8. The number of carboxylic acid groups (broad SMARTS) is 1. The minimum absolute atomic E-state index is 0.102. The van der Waals surface area contributed by atoms with Gasteiger partial charge in [0.25, 0.3) is 0 Å². The van der Waals surface area contributed by atoms with Gasteiger partial charge in [-0.25, -0.2) is 9.59 Å². The van der Waals surface area contributed by atoms with Crippen LogP contribution in [-0.4, -0.2) is 27.9 Å². The van der Waals surface area contributed by atoms with E-state index < -0.39 is 23.8 Å². The molecule has 0 bridgehead atoms. The van der Waals surface area contributed by atoms with E-state index in [2.05, 4.69) is 0 Å². The van der Waals surface area contributed by atoms with E-state index in [9.17, 15) is 14.7 Å². The topological polar surface area (TPSA) is 105 Å². The monoisotopic (exact) mass is 283 g/mol. The molecule has 0 aliphatic heterocycles. The fourth-order valence-corrected chi connectivity index (χ4v) is 1.35. The first-order chi connectivity index (χ1) is 9.19. The zero-order valence-corrected chi connectivity index (χ0v) is 11.4. The van der Waals surface area contributed by atoms with E-state index in [-0.39, 0.29) is 11.3 Å². The van der Waals surface area contributed by atoms with E-state index in [1.54, 1.807) is 20.8 Å². The molecular formula is C13H17NO6. The van der Waals surface area contributed by atoms with Gasteiger partial charge in [0.15, 0.2) is 0 Å². The quantitative estimate of drug-likeness (QED) is 0.730. The number of carbonyl (C=O) groups excluding carboxylic acids is 1. The minimum atomic E-state index is -1.45. The number of benzene rings is 1. The zero-order valence-electron chi connectivity index (χ0n) is 11.4. The maximum absolute atomic E-state index is 11.4. The van der Waals surface area contributed by atoms with Gasteiger partial charge in [0, 0.05) is 0 Å². The van der Waals surface area contributed by atoms with Crippen LogP contribution in [0.25, 0.3) is 0 Å². The van der Waals surface area contributed by atoms with Crippen molar-refractivity contribution in [2.75, 3.05) is 0 Å². The number of phenols is 1. The van der Waals surface area contributed by atoms with Crippen LogP contribution in [0.15, 0.2) is 24.3 Å². The maximum Gasteiger partial charge on any atom is 0.431 e. The van der Waals surface area contributed by atoms with Crippen LogP contribution in [-0.2, 0) is 14.4 Å². The summed E-state index contributed by atoms with van der Waals surface area (Å²) in [6, 6.07) is 5.55. The summed E-state index contributed by atoms with van der Waals surface area (Å²) in [5.74, 6) is -1.42. The van der Waals surface area contributed by atoms with Crippen LogP contribution in [0.5, 0.6) is 5.75 Å². The van der Waals surface area contributed by atoms with Crippen molar-refractivity contribution < 1.29 is 29.4 Å². The van der Waals surface area contributed by atoms with E-state index in [1.807, 2.05) is 5.48 Å². The highest BCUT2D eigenvalue weighted by Crippen LogP contribution is 2.21. The van der Waals surface area contributed by atoms with Crippen molar-refractivity contribution in [3.8, 4) is 5.75 Å². The van der Waals surface area contributed by atoms with Gasteiger partial charge < -0.3 is 14.9 Å². The number of carbonyl (C=O) groups is 2. The maximum atomic E-state index is 11.4. The van der Waals surface area contributed by atoms with Crippen molar-refractivity contribution >= 4 is 12.1 Å². The Morgan fingerprint density at radius 3 is 2.45 bits per heavy atom. The number of hydrogen-bond acceptors (Lipinski definition) is 5. The third kappa shape index (κ3) is 5.15. The lowest BCUT2D eigenvalue weighted by Crippen LogP contribution is -2.34. The molecule has 0 radical (unpaired) electrons. The number of hydroxylamine groups is 1. The molecule has 0 heterocycles. The van der Waals surface area contributed by atoms with E-state index in [4.69, 9.17) is 14.7 Å². The number of aliphatic carboxylic acids is 1. The number of aromatic hydroxyl groups is 1. The molecule has 1 aromatic rings. The predicted octanol–water partition coefficient (Wildman–Crippen LogP) is 1.97. The van der Waals surface area contributed by atoms with Crippen LogP contribution in [0, 0.1) is 0 Å². The molecule has 7 heteroatoms.